The van der Waals surface area contributed by atoms with E-state index in [-0.39, 0.29) is 11.9 Å². The van der Waals surface area contributed by atoms with Crippen LogP contribution in [0.15, 0.2) is 36.3 Å². The summed E-state index contributed by atoms with van der Waals surface area (Å²) in [6.45, 7) is 2.97. The van der Waals surface area contributed by atoms with Gasteiger partial charge >= 0.3 is 0 Å². The van der Waals surface area contributed by atoms with E-state index in [9.17, 15) is 4.39 Å². The Morgan fingerprint density at radius 1 is 1.25 bits per heavy atom. The monoisotopic (exact) mass is 483 g/mol. The van der Waals surface area contributed by atoms with Crippen LogP contribution < -0.4 is 5.32 Å². The lowest BCUT2D eigenvalue weighted by molar-refractivity contribution is 0.548. The molecule has 2 rings (SSSR count). The molecule has 1 aromatic heterocycles. The van der Waals surface area contributed by atoms with Gasteiger partial charge in [-0.1, -0.05) is 13.0 Å². The molecule has 0 radical (unpaired) electrons. The summed E-state index contributed by atoms with van der Waals surface area (Å²) in [6, 6.07) is 7.51. The van der Waals surface area contributed by atoms with Gasteiger partial charge in [0.1, 0.15) is 5.82 Å². The van der Waals surface area contributed by atoms with Crippen LogP contribution in [0.1, 0.15) is 24.1 Å². The molecular weight excluding hydrogens is 473 g/mol. The van der Waals surface area contributed by atoms with Crippen molar-refractivity contribution in [3.05, 3.63) is 53.3 Å². The minimum Gasteiger partial charge on any atom is -0.310 e. The van der Waals surface area contributed by atoms with E-state index in [1.807, 2.05) is 12.1 Å². The molecule has 1 aromatic carbocycles. The summed E-state index contributed by atoms with van der Waals surface area (Å²) in [6.07, 6.45) is 0.814. The van der Waals surface area contributed by atoms with E-state index >= 15 is 0 Å². The summed E-state index contributed by atoms with van der Waals surface area (Å²) in [5.74, 6) is -0.229. The molecule has 2 aromatic rings. The van der Waals surface area contributed by atoms with Gasteiger partial charge in [-0.05, 0) is 90.1 Å². The van der Waals surface area contributed by atoms with E-state index in [0.717, 1.165) is 26.1 Å². The highest BCUT2D eigenvalue weighted by molar-refractivity contribution is 9.12. The quantitative estimate of drug-likeness (QED) is 0.542. The Morgan fingerprint density at radius 2 is 2.00 bits per heavy atom. The van der Waals surface area contributed by atoms with Crippen molar-refractivity contribution in [1.82, 2.24) is 5.32 Å². The molecule has 0 aliphatic heterocycles. The fraction of sp³-hybridized carbons (Fsp3) is 0.286. The molecule has 1 heterocycles. The lowest BCUT2D eigenvalue weighted by Gasteiger charge is -2.18. The van der Waals surface area contributed by atoms with E-state index < -0.39 is 0 Å². The van der Waals surface area contributed by atoms with Gasteiger partial charge in [0, 0.05) is 6.04 Å². The van der Waals surface area contributed by atoms with Gasteiger partial charge in [0.15, 0.2) is 0 Å². The first kappa shape index (κ1) is 16.6. The fourth-order valence-electron chi connectivity index (χ4n) is 2.03. The van der Waals surface area contributed by atoms with Gasteiger partial charge in [-0.15, -0.1) is 11.3 Å². The second-order valence-electron chi connectivity index (χ2n) is 4.34. The zero-order chi connectivity index (χ0) is 14.7. The van der Waals surface area contributed by atoms with Gasteiger partial charge in [0.25, 0.3) is 0 Å². The lowest BCUT2D eigenvalue weighted by Crippen LogP contribution is -2.22. The smallest absolute Gasteiger partial charge is 0.137 e. The van der Waals surface area contributed by atoms with Gasteiger partial charge in [-0.2, -0.15) is 0 Å². The summed E-state index contributed by atoms with van der Waals surface area (Å²) in [5.41, 5.74) is 2.32. The Labute approximate surface area is 147 Å². The predicted octanol–water partition coefficient (Wildman–Crippen LogP) is 6.07. The highest BCUT2D eigenvalue weighted by atomic mass is 79.9. The largest absolute Gasteiger partial charge is 0.310 e. The summed E-state index contributed by atoms with van der Waals surface area (Å²) < 4.78 is 16.0. The molecule has 1 nitrogen and oxygen atoms in total. The molecule has 0 fully saturated rings. The van der Waals surface area contributed by atoms with Crippen LogP contribution >= 0.6 is 59.1 Å². The molecule has 20 heavy (non-hydrogen) atoms. The molecule has 0 saturated carbocycles. The van der Waals surface area contributed by atoms with E-state index in [0.29, 0.717) is 4.47 Å². The Balaban J connectivity index is 2.25. The standard InChI is InChI=1S/C14H13Br3FNS/c1-2-19-12(9-7-13(16)20-14(9)17)6-8-3-4-11(18)10(15)5-8/h3-5,7,12,19H,2,6H2,1H3. The maximum atomic E-state index is 13.3. The predicted molar refractivity (Wildman–Crippen MR) is 93.9 cm³/mol. The third-order valence-electron chi connectivity index (χ3n) is 2.93. The van der Waals surface area contributed by atoms with Crippen LogP contribution in [-0.2, 0) is 6.42 Å². The van der Waals surface area contributed by atoms with Crippen molar-refractivity contribution >= 4 is 59.1 Å². The summed E-state index contributed by atoms with van der Waals surface area (Å²) in [5, 5.41) is 3.48. The van der Waals surface area contributed by atoms with Crippen molar-refractivity contribution in [2.75, 3.05) is 6.54 Å². The average molecular weight is 486 g/mol. The zero-order valence-corrected chi connectivity index (χ0v) is 16.3. The van der Waals surface area contributed by atoms with Crippen LogP contribution in [0, 0.1) is 5.82 Å². The van der Waals surface area contributed by atoms with Gasteiger partial charge in [-0.25, -0.2) is 4.39 Å². The SMILES string of the molecule is CCNC(Cc1ccc(F)c(Br)c1)c1cc(Br)sc1Br. The summed E-state index contributed by atoms with van der Waals surface area (Å²) in [7, 11) is 0. The normalized spacial score (nSPS) is 12.7. The first-order chi connectivity index (χ1) is 9.51. The van der Waals surface area contributed by atoms with E-state index in [2.05, 4.69) is 66.1 Å². The van der Waals surface area contributed by atoms with Crippen LogP contribution in [-0.4, -0.2) is 6.54 Å². The van der Waals surface area contributed by atoms with Crippen molar-refractivity contribution in [2.45, 2.75) is 19.4 Å². The minimum absolute atomic E-state index is 0.203. The molecule has 1 N–H and O–H groups in total. The number of halogens is 4. The highest BCUT2D eigenvalue weighted by Crippen LogP contribution is 2.36. The Hall–Kier alpha value is 0.250. The number of benzene rings is 1. The number of likely N-dealkylation sites (N-methyl/N-ethyl adjacent to an activating group) is 1. The van der Waals surface area contributed by atoms with Crippen molar-refractivity contribution in [2.24, 2.45) is 0 Å². The number of hydrogen-bond acceptors (Lipinski definition) is 2. The second kappa shape index (κ2) is 7.49. The number of thiophene rings is 1. The third-order valence-corrected chi connectivity index (χ3v) is 5.93. The summed E-state index contributed by atoms with van der Waals surface area (Å²) in [4.78, 5) is 0. The van der Waals surface area contributed by atoms with Gasteiger partial charge < -0.3 is 5.32 Å². The van der Waals surface area contributed by atoms with Crippen LogP contribution in [0.3, 0.4) is 0 Å². The van der Waals surface area contributed by atoms with Crippen molar-refractivity contribution < 1.29 is 4.39 Å². The molecule has 0 aliphatic carbocycles. The molecule has 1 atom stereocenters. The number of nitrogens with one attached hydrogen (secondary N) is 1. The van der Waals surface area contributed by atoms with Gasteiger partial charge in [0.2, 0.25) is 0 Å². The molecule has 0 amide bonds. The van der Waals surface area contributed by atoms with E-state index in [1.54, 1.807) is 11.3 Å². The van der Waals surface area contributed by atoms with Crippen LogP contribution in [0.25, 0.3) is 0 Å². The second-order valence-corrected chi connectivity index (χ2v) is 8.95. The minimum atomic E-state index is -0.229. The third kappa shape index (κ3) is 4.13. The van der Waals surface area contributed by atoms with E-state index in [4.69, 9.17) is 0 Å². The van der Waals surface area contributed by atoms with Crippen LogP contribution in [0.2, 0.25) is 0 Å². The first-order valence-electron chi connectivity index (χ1n) is 6.13. The van der Waals surface area contributed by atoms with Crippen LogP contribution in [0.5, 0.6) is 0 Å². The van der Waals surface area contributed by atoms with Crippen LogP contribution in [0.4, 0.5) is 4.39 Å². The fourth-order valence-corrected chi connectivity index (χ4v) is 5.43. The molecule has 1 unspecified atom stereocenters. The van der Waals surface area contributed by atoms with Crippen molar-refractivity contribution in [3.8, 4) is 0 Å². The molecule has 0 aliphatic rings. The van der Waals surface area contributed by atoms with Crippen molar-refractivity contribution in [1.29, 1.82) is 0 Å². The maximum Gasteiger partial charge on any atom is 0.137 e. The number of hydrogen-bond donors (Lipinski definition) is 1. The Kier molecular flexibility index (Phi) is 6.23. The Morgan fingerprint density at radius 3 is 2.55 bits per heavy atom. The topological polar surface area (TPSA) is 12.0 Å². The van der Waals surface area contributed by atoms with Crippen molar-refractivity contribution in [3.63, 3.8) is 0 Å². The lowest BCUT2D eigenvalue weighted by atomic mass is 10.0. The van der Waals surface area contributed by atoms with Gasteiger partial charge in [-0.3, -0.25) is 0 Å². The van der Waals surface area contributed by atoms with Gasteiger partial charge in [0.05, 0.1) is 12.0 Å². The molecule has 6 heteroatoms. The summed E-state index contributed by atoms with van der Waals surface area (Å²) >= 11 is 12.0. The highest BCUT2D eigenvalue weighted by Gasteiger charge is 2.17. The Bertz CT molecular complexity index is 600. The molecule has 0 saturated heterocycles. The maximum absolute atomic E-state index is 13.3. The van der Waals surface area contributed by atoms with E-state index in [1.165, 1.54) is 11.6 Å². The first-order valence-corrected chi connectivity index (χ1v) is 9.32. The zero-order valence-electron chi connectivity index (χ0n) is 10.7. The molecule has 0 spiro atoms. The molecule has 108 valence electrons. The number of rotatable bonds is 5. The average Bonchev–Trinajstić information content (AvgIpc) is 2.72. The molecular formula is C14H13Br3FNS. The molecule has 0 bridgehead atoms.